The third kappa shape index (κ3) is 4.56. The predicted octanol–water partition coefficient (Wildman–Crippen LogP) is 3.64. The number of pyridine rings is 1. The van der Waals surface area contributed by atoms with Gasteiger partial charge in [0.05, 0.1) is 0 Å². The van der Waals surface area contributed by atoms with E-state index in [-0.39, 0.29) is 18.6 Å². The smallest absolute Gasteiger partial charge is 0.335 e. The molecule has 1 aromatic carbocycles. The SMILES string of the molecule is O=C(NCc1ccnc(-n2cnc(C(F)(F)F)c2)c1)N[C@@H]1C[C@H]1c1ccccc1. The first-order chi connectivity index (χ1) is 13.9. The fourth-order valence-corrected chi connectivity index (χ4v) is 3.13. The molecule has 1 aliphatic carbocycles. The lowest BCUT2D eigenvalue weighted by Crippen LogP contribution is -2.36. The molecule has 3 aromatic rings. The monoisotopic (exact) mass is 401 g/mol. The van der Waals surface area contributed by atoms with Crippen LogP contribution in [0.25, 0.3) is 5.82 Å². The van der Waals surface area contributed by atoms with Gasteiger partial charge in [0, 0.05) is 30.9 Å². The molecule has 2 heterocycles. The number of nitrogens with zero attached hydrogens (tertiary/aromatic N) is 3. The number of benzene rings is 1. The largest absolute Gasteiger partial charge is 0.434 e. The van der Waals surface area contributed by atoms with Crippen molar-refractivity contribution in [2.45, 2.75) is 31.1 Å². The molecule has 0 bridgehead atoms. The van der Waals surface area contributed by atoms with E-state index in [2.05, 4.69) is 20.6 Å². The zero-order valence-corrected chi connectivity index (χ0v) is 15.2. The van der Waals surface area contributed by atoms with Crippen molar-refractivity contribution < 1.29 is 18.0 Å². The van der Waals surface area contributed by atoms with E-state index in [4.69, 9.17) is 0 Å². The summed E-state index contributed by atoms with van der Waals surface area (Å²) in [6, 6.07) is 13.1. The predicted molar refractivity (Wildman–Crippen MR) is 99.3 cm³/mol. The normalized spacial score (nSPS) is 18.3. The van der Waals surface area contributed by atoms with Gasteiger partial charge in [-0.25, -0.2) is 14.8 Å². The molecule has 2 atom stereocenters. The molecule has 0 saturated heterocycles. The lowest BCUT2D eigenvalue weighted by atomic mass is 10.1. The van der Waals surface area contributed by atoms with E-state index in [1.54, 1.807) is 12.1 Å². The van der Waals surface area contributed by atoms with Crippen molar-refractivity contribution in [1.29, 1.82) is 0 Å². The fourth-order valence-electron chi connectivity index (χ4n) is 3.13. The number of hydrogen-bond donors (Lipinski definition) is 2. The molecule has 6 nitrogen and oxygen atoms in total. The van der Waals surface area contributed by atoms with Crippen LogP contribution in [0.5, 0.6) is 0 Å². The zero-order chi connectivity index (χ0) is 20.4. The summed E-state index contributed by atoms with van der Waals surface area (Å²) < 4.78 is 39.3. The molecular weight excluding hydrogens is 383 g/mol. The van der Waals surface area contributed by atoms with Crippen molar-refractivity contribution in [3.8, 4) is 5.82 Å². The Kier molecular flexibility index (Phi) is 4.96. The van der Waals surface area contributed by atoms with Crippen molar-refractivity contribution in [2.24, 2.45) is 0 Å². The second kappa shape index (κ2) is 7.57. The van der Waals surface area contributed by atoms with E-state index in [0.717, 1.165) is 18.9 Å². The summed E-state index contributed by atoms with van der Waals surface area (Å²) in [6.45, 7) is 0.227. The highest BCUT2D eigenvalue weighted by molar-refractivity contribution is 5.75. The van der Waals surface area contributed by atoms with Gasteiger partial charge in [-0.05, 0) is 29.7 Å². The molecule has 1 saturated carbocycles. The molecule has 2 amide bonds. The minimum atomic E-state index is -4.51. The van der Waals surface area contributed by atoms with Gasteiger partial charge in [0.1, 0.15) is 12.1 Å². The van der Waals surface area contributed by atoms with E-state index in [0.29, 0.717) is 17.3 Å². The minimum absolute atomic E-state index is 0.108. The maximum atomic E-state index is 12.7. The number of hydrogen-bond acceptors (Lipinski definition) is 3. The second-order valence-electron chi connectivity index (χ2n) is 6.87. The number of imidazole rings is 1. The van der Waals surface area contributed by atoms with Crippen LogP contribution in [0.1, 0.15) is 29.2 Å². The van der Waals surface area contributed by atoms with Crippen LogP contribution in [0, 0.1) is 0 Å². The van der Waals surface area contributed by atoms with Gasteiger partial charge in [0.25, 0.3) is 0 Å². The number of urea groups is 1. The van der Waals surface area contributed by atoms with Crippen LogP contribution in [0.15, 0.2) is 61.2 Å². The summed E-state index contributed by atoms with van der Waals surface area (Å²) in [6.07, 6.45) is -0.194. The van der Waals surface area contributed by atoms with Crippen LogP contribution < -0.4 is 10.6 Å². The zero-order valence-electron chi connectivity index (χ0n) is 15.2. The Morgan fingerprint density at radius 1 is 1.17 bits per heavy atom. The molecule has 0 spiro atoms. The van der Waals surface area contributed by atoms with Crippen LogP contribution in [0.2, 0.25) is 0 Å². The summed E-state index contributed by atoms with van der Waals surface area (Å²) in [5, 5.41) is 5.70. The first-order valence-corrected chi connectivity index (χ1v) is 9.06. The first-order valence-electron chi connectivity index (χ1n) is 9.06. The lowest BCUT2D eigenvalue weighted by molar-refractivity contribution is -0.140. The van der Waals surface area contributed by atoms with Crippen LogP contribution >= 0.6 is 0 Å². The minimum Gasteiger partial charge on any atom is -0.335 e. The number of halogens is 3. The average Bonchev–Trinajstić information content (AvgIpc) is 3.26. The molecule has 29 heavy (non-hydrogen) atoms. The standard InChI is InChI=1S/C20H18F3N5O/c21-20(22,23)17-11-28(12-26-17)18-8-13(6-7-24-18)10-25-19(29)27-16-9-15(16)14-4-2-1-3-5-14/h1-8,11-12,15-16H,9-10H2,(H2,25,27,29)/t15-,16+/m0/s1. The van der Waals surface area contributed by atoms with Gasteiger partial charge in [0.15, 0.2) is 5.69 Å². The molecule has 0 aliphatic heterocycles. The fraction of sp³-hybridized carbons (Fsp3) is 0.250. The summed E-state index contributed by atoms with van der Waals surface area (Å²) in [5.41, 5.74) is 0.928. The van der Waals surface area contributed by atoms with Crippen LogP contribution in [0.4, 0.5) is 18.0 Å². The van der Waals surface area contributed by atoms with E-state index in [1.165, 1.54) is 16.3 Å². The lowest BCUT2D eigenvalue weighted by Gasteiger charge is -2.09. The first kappa shape index (κ1) is 19.0. The maximum Gasteiger partial charge on any atom is 0.434 e. The Bertz CT molecular complexity index is 1000. The van der Waals surface area contributed by atoms with Crippen LogP contribution in [-0.2, 0) is 12.7 Å². The summed E-state index contributed by atoms with van der Waals surface area (Å²) >= 11 is 0. The summed E-state index contributed by atoms with van der Waals surface area (Å²) in [4.78, 5) is 19.6. The molecule has 2 aromatic heterocycles. The van der Waals surface area contributed by atoms with Gasteiger partial charge in [-0.2, -0.15) is 13.2 Å². The highest BCUT2D eigenvalue weighted by Crippen LogP contribution is 2.40. The van der Waals surface area contributed by atoms with Crippen molar-refractivity contribution in [1.82, 2.24) is 25.2 Å². The Morgan fingerprint density at radius 2 is 1.97 bits per heavy atom. The molecule has 1 fully saturated rings. The van der Waals surface area contributed by atoms with E-state index in [9.17, 15) is 18.0 Å². The third-order valence-electron chi connectivity index (χ3n) is 4.74. The van der Waals surface area contributed by atoms with Gasteiger partial charge in [-0.15, -0.1) is 0 Å². The van der Waals surface area contributed by atoms with E-state index < -0.39 is 11.9 Å². The second-order valence-corrected chi connectivity index (χ2v) is 6.87. The Labute approximate surface area is 164 Å². The highest BCUT2D eigenvalue weighted by atomic mass is 19.4. The number of carbonyl (C=O) groups is 1. The molecule has 0 radical (unpaired) electrons. The Hall–Kier alpha value is -3.36. The number of rotatable bonds is 5. The van der Waals surface area contributed by atoms with E-state index in [1.807, 2.05) is 30.3 Å². The summed E-state index contributed by atoms with van der Waals surface area (Å²) in [5.74, 6) is 0.623. The molecule has 4 rings (SSSR count). The van der Waals surface area contributed by atoms with Crippen molar-refractivity contribution in [3.63, 3.8) is 0 Å². The number of alkyl halides is 3. The van der Waals surface area contributed by atoms with Crippen LogP contribution in [0.3, 0.4) is 0 Å². The molecule has 1 aliphatic rings. The maximum absolute atomic E-state index is 12.7. The van der Waals surface area contributed by atoms with Gasteiger partial charge in [0.2, 0.25) is 0 Å². The summed E-state index contributed by atoms with van der Waals surface area (Å²) in [7, 11) is 0. The van der Waals surface area contributed by atoms with E-state index >= 15 is 0 Å². The quantitative estimate of drug-likeness (QED) is 0.686. The van der Waals surface area contributed by atoms with Crippen molar-refractivity contribution in [3.05, 3.63) is 78.0 Å². The molecule has 9 heteroatoms. The van der Waals surface area contributed by atoms with Crippen molar-refractivity contribution >= 4 is 6.03 Å². The van der Waals surface area contributed by atoms with Gasteiger partial charge in [-0.3, -0.25) is 4.57 Å². The Balaban J connectivity index is 1.32. The number of amides is 2. The topological polar surface area (TPSA) is 71.8 Å². The number of nitrogens with one attached hydrogen (secondary N) is 2. The molecular formula is C20H18F3N5O. The molecule has 2 N–H and O–H groups in total. The third-order valence-corrected chi connectivity index (χ3v) is 4.74. The number of aromatic nitrogens is 3. The molecule has 0 unspecified atom stereocenters. The van der Waals surface area contributed by atoms with Gasteiger partial charge < -0.3 is 10.6 Å². The Morgan fingerprint density at radius 3 is 2.69 bits per heavy atom. The van der Waals surface area contributed by atoms with Crippen molar-refractivity contribution in [2.75, 3.05) is 0 Å². The number of carbonyl (C=O) groups excluding carboxylic acids is 1. The highest BCUT2D eigenvalue weighted by Gasteiger charge is 2.39. The average molecular weight is 401 g/mol. The van der Waals surface area contributed by atoms with Gasteiger partial charge in [-0.1, -0.05) is 30.3 Å². The van der Waals surface area contributed by atoms with Gasteiger partial charge >= 0.3 is 12.2 Å². The van der Waals surface area contributed by atoms with Crippen LogP contribution in [-0.4, -0.2) is 26.6 Å². The molecule has 150 valence electrons.